The van der Waals surface area contributed by atoms with Crippen LogP contribution in [-0.2, 0) is 4.57 Å². The first-order chi connectivity index (χ1) is 22.2. The molecule has 0 radical (unpaired) electrons. The Morgan fingerprint density at radius 3 is 2.59 bits per heavy atom. The molecule has 1 atom stereocenters. The van der Waals surface area contributed by atoms with Crippen molar-refractivity contribution >= 4 is 68.1 Å². The number of pyridine rings is 1. The van der Waals surface area contributed by atoms with Crippen LogP contribution < -0.4 is 30.3 Å². The van der Waals surface area contributed by atoms with Gasteiger partial charge in [0.05, 0.1) is 46.4 Å². The average molecular weight is 708 g/mol. The monoisotopic (exact) mass is 706 g/mol. The number of fused-ring (bicyclic) bond motifs is 4. The van der Waals surface area contributed by atoms with Crippen LogP contribution >= 0.6 is 23.1 Å². The molecule has 0 spiro atoms. The Labute approximate surface area is 278 Å². The second kappa shape index (κ2) is 12.6. The van der Waals surface area contributed by atoms with Crippen molar-refractivity contribution in [2.24, 2.45) is 0 Å². The predicted molar refractivity (Wildman–Crippen MR) is 189 cm³/mol. The number of rotatable bonds is 7. The fourth-order valence-electron chi connectivity index (χ4n) is 6.93. The third-order valence-corrected chi connectivity index (χ3v) is 11.4. The molecule has 4 aromatic rings. The van der Waals surface area contributed by atoms with Gasteiger partial charge in [0.25, 0.3) is 0 Å². The molecule has 0 saturated carbocycles. The van der Waals surface area contributed by atoms with E-state index < -0.39 is 7.14 Å². The first kappa shape index (κ1) is 31.2. The van der Waals surface area contributed by atoms with Crippen molar-refractivity contribution < 1.29 is 14.0 Å². The number of piperidine rings is 1. The molecule has 0 amide bonds. The van der Waals surface area contributed by atoms with Gasteiger partial charge in [0.2, 0.25) is 5.95 Å². The molecule has 2 saturated heterocycles. The van der Waals surface area contributed by atoms with Crippen LogP contribution in [0.1, 0.15) is 12.8 Å². The lowest BCUT2D eigenvalue weighted by molar-refractivity contribution is 0.0868. The minimum Gasteiger partial charge on any atom is -0.494 e. The van der Waals surface area contributed by atoms with Crippen molar-refractivity contribution in [1.29, 1.82) is 0 Å². The standard InChI is InChI=1S/C33H40BrN8O3P/c1-40-11-9-21(10-12-40)41-13-14-42-22(19-41)20-45-30-15-26(29(44-2)16-28(30)42)38-33-36-17-24(34)32(39-33)37-27-18-35-25-8-6-5-7-23(25)31(27)46(3,4)43/h5-8,15-18,21-22H,9-14,19-20H2,1-4H3,(H2,36,37,38,39). The van der Waals surface area contributed by atoms with E-state index in [2.05, 4.69) is 64.3 Å². The number of halogens is 1. The van der Waals surface area contributed by atoms with Gasteiger partial charge in [-0.05, 0) is 68.3 Å². The number of para-hydroxylation sites is 1. The SMILES string of the molecule is COc1cc2c(cc1Nc1ncc(Br)c(Nc3cnc4ccccc4c3P(C)(C)=O)n1)OCC1CN(C3CCN(C)CC3)CCN21. The second-order valence-corrected chi connectivity index (χ2v) is 16.7. The smallest absolute Gasteiger partial charge is 0.229 e. The molecule has 2 fully saturated rings. The fraction of sp³-hybridized carbons (Fsp3) is 0.424. The molecule has 2 aromatic carbocycles. The van der Waals surface area contributed by atoms with Gasteiger partial charge in [0.15, 0.2) is 0 Å². The summed E-state index contributed by atoms with van der Waals surface area (Å²) in [4.78, 5) is 21.4. The minimum absolute atomic E-state index is 0.309. The topological polar surface area (TPSA) is 108 Å². The van der Waals surface area contributed by atoms with Crippen molar-refractivity contribution in [3.05, 3.63) is 53.3 Å². The Bertz CT molecular complexity index is 1810. The molecule has 0 bridgehead atoms. The van der Waals surface area contributed by atoms with Gasteiger partial charge in [-0.25, -0.2) is 4.98 Å². The molecule has 46 heavy (non-hydrogen) atoms. The Balaban J connectivity index is 1.12. The van der Waals surface area contributed by atoms with Crippen molar-refractivity contribution in [3.8, 4) is 11.5 Å². The molecular formula is C33H40BrN8O3P. The highest BCUT2D eigenvalue weighted by atomic mass is 79.9. The summed E-state index contributed by atoms with van der Waals surface area (Å²) in [5, 5.41) is 8.29. The highest BCUT2D eigenvalue weighted by molar-refractivity contribution is 9.10. The summed E-state index contributed by atoms with van der Waals surface area (Å²) in [5.41, 5.74) is 3.20. The largest absolute Gasteiger partial charge is 0.494 e. The Hall–Kier alpha value is -3.44. The van der Waals surface area contributed by atoms with Crippen LogP contribution in [-0.4, -0.2) is 104 Å². The van der Waals surface area contributed by atoms with Crippen LogP contribution in [0, 0.1) is 0 Å². The van der Waals surface area contributed by atoms with E-state index >= 15 is 0 Å². The van der Waals surface area contributed by atoms with Crippen LogP contribution in [0.15, 0.2) is 53.3 Å². The average Bonchev–Trinajstić information content (AvgIpc) is 3.05. The number of anilines is 5. The number of ether oxygens (including phenoxy) is 2. The second-order valence-electron chi connectivity index (χ2n) is 12.7. The summed E-state index contributed by atoms with van der Waals surface area (Å²) < 4.78 is 26.3. The van der Waals surface area contributed by atoms with Gasteiger partial charge in [0, 0.05) is 54.7 Å². The summed E-state index contributed by atoms with van der Waals surface area (Å²) in [5.74, 6) is 2.38. The minimum atomic E-state index is -2.68. The van der Waals surface area contributed by atoms with Crippen molar-refractivity contribution in [2.75, 3.05) is 82.4 Å². The molecule has 3 aliphatic rings. The molecule has 11 nitrogen and oxygen atoms in total. The number of likely N-dealkylation sites (tertiary alicyclic amines) is 1. The number of hydrogen-bond acceptors (Lipinski definition) is 11. The van der Waals surface area contributed by atoms with Gasteiger partial charge in [-0.3, -0.25) is 9.88 Å². The van der Waals surface area contributed by atoms with E-state index in [1.165, 1.54) is 25.9 Å². The predicted octanol–water partition coefficient (Wildman–Crippen LogP) is 5.51. The lowest BCUT2D eigenvalue weighted by Gasteiger charge is -2.49. The summed E-state index contributed by atoms with van der Waals surface area (Å²) >= 11 is 3.58. The molecule has 2 aromatic heterocycles. The van der Waals surface area contributed by atoms with E-state index in [0.29, 0.717) is 52.1 Å². The Kier molecular flexibility index (Phi) is 8.56. The lowest BCUT2D eigenvalue weighted by atomic mass is 10.00. The van der Waals surface area contributed by atoms with Crippen molar-refractivity contribution in [2.45, 2.75) is 24.9 Å². The summed E-state index contributed by atoms with van der Waals surface area (Å²) in [6.45, 7) is 9.54. The quantitative estimate of drug-likeness (QED) is 0.238. The number of nitrogens with one attached hydrogen (secondary N) is 2. The fourth-order valence-corrected chi connectivity index (χ4v) is 8.69. The summed E-state index contributed by atoms with van der Waals surface area (Å²) in [7, 11) is 1.20. The number of piperazine rings is 1. The Morgan fingerprint density at radius 1 is 1.00 bits per heavy atom. The van der Waals surface area contributed by atoms with Crippen molar-refractivity contribution in [3.63, 3.8) is 0 Å². The first-order valence-corrected chi connectivity index (χ1v) is 19.1. The summed E-state index contributed by atoms with van der Waals surface area (Å²) in [6, 6.07) is 12.7. The Morgan fingerprint density at radius 2 is 1.80 bits per heavy atom. The molecule has 2 N–H and O–H groups in total. The molecule has 3 aliphatic heterocycles. The third kappa shape index (κ3) is 6.15. The van der Waals surface area contributed by atoms with Gasteiger partial charge in [-0.1, -0.05) is 18.2 Å². The van der Waals surface area contributed by atoms with Gasteiger partial charge in [0.1, 0.15) is 31.1 Å². The van der Waals surface area contributed by atoms with E-state index in [-0.39, 0.29) is 0 Å². The van der Waals surface area contributed by atoms with E-state index in [0.717, 1.165) is 47.3 Å². The third-order valence-electron chi connectivity index (χ3n) is 9.27. The number of methoxy groups -OCH3 is 1. The molecular weight excluding hydrogens is 667 g/mol. The lowest BCUT2D eigenvalue weighted by Crippen LogP contribution is -2.60. The number of nitrogens with zero attached hydrogens (tertiary/aromatic N) is 6. The molecule has 13 heteroatoms. The molecule has 5 heterocycles. The normalized spacial score (nSPS) is 19.3. The van der Waals surface area contributed by atoms with E-state index in [1.807, 2.05) is 30.3 Å². The van der Waals surface area contributed by atoms with E-state index in [4.69, 9.17) is 14.5 Å². The van der Waals surface area contributed by atoms with Gasteiger partial charge < -0.3 is 34.5 Å². The summed E-state index contributed by atoms with van der Waals surface area (Å²) in [6.07, 6.45) is 5.86. The zero-order valence-corrected chi connectivity index (χ0v) is 29.1. The molecule has 1 unspecified atom stereocenters. The zero-order valence-electron chi connectivity index (χ0n) is 26.7. The van der Waals surface area contributed by atoms with E-state index in [9.17, 15) is 4.57 Å². The number of benzene rings is 2. The highest BCUT2D eigenvalue weighted by Crippen LogP contribution is 2.44. The van der Waals surface area contributed by atoms with Crippen LogP contribution in [0.2, 0.25) is 0 Å². The van der Waals surface area contributed by atoms with Crippen LogP contribution in [0.5, 0.6) is 11.5 Å². The number of aromatic nitrogens is 3. The van der Waals surface area contributed by atoms with Gasteiger partial charge >= 0.3 is 0 Å². The highest BCUT2D eigenvalue weighted by Gasteiger charge is 2.36. The van der Waals surface area contributed by atoms with E-state index in [1.54, 1.807) is 32.8 Å². The molecule has 7 rings (SSSR count). The van der Waals surface area contributed by atoms with Crippen LogP contribution in [0.25, 0.3) is 10.9 Å². The zero-order chi connectivity index (χ0) is 32.0. The maximum atomic E-state index is 13.5. The number of hydrogen-bond donors (Lipinski definition) is 2. The van der Waals surface area contributed by atoms with Crippen molar-refractivity contribution in [1.82, 2.24) is 24.8 Å². The first-order valence-electron chi connectivity index (χ1n) is 15.7. The maximum Gasteiger partial charge on any atom is 0.229 e. The van der Waals surface area contributed by atoms with Crippen LogP contribution in [0.4, 0.5) is 28.8 Å². The van der Waals surface area contributed by atoms with Gasteiger partial charge in [-0.15, -0.1) is 0 Å². The van der Waals surface area contributed by atoms with Gasteiger partial charge in [-0.2, -0.15) is 4.98 Å². The van der Waals surface area contributed by atoms with Crippen LogP contribution in [0.3, 0.4) is 0 Å². The molecule has 242 valence electrons. The maximum absolute atomic E-state index is 13.5. The molecule has 0 aliphatic carbocycles.